The van der Waals surface area contributed by atoms with Gasteiger partial charge in [0, 0.05) is 10.8 Å². The molecule has 1 saturated heterocycles. The third-order valence-electron chi connectivity index (χ3n) is 4.46. The first kappa shape index (κ1) is 18.4. The van der Waals surface area contributed by atoms with E-state index in [4.69, 9.17) is 4.74 Å². The maximum atomic E-state index is 13.0. The van der Waals surface area contributed by atoms with Gasteiger partial charge in [-0.05, 0) is 24.6 Å². The predicted octanol–water partition coefficient (Wildman–Crippen LogP) is 3.42. The number of nitrogens with one attached hydrogen (secondary N) is 1. The lowest BCUT2D eigenvalue weighted by atomic mass is 9.92. The number of carbonyl (C=O) groups is 2. The van der Waals surface area contributed by atoms with Crippen molar-refractivity contribution in [2.45, 2.75) is 45.2 Å². The normalized spacial score (nSPS) is 20.4. The number of hydrogen-bond donors (Lipinski definition) is 1. The van der Waals surface area contributed by atoms with Gasteiger partial charge >= 0.3 is 6.03 Å². The van der Waals surface area contributed by atoms with Gasteiger partial charge in [0.2, 0.25) is 0 Å². The second-order valence-corrected chi connectivity index (χ2v) is 8.43. The van der Waals surface area contributed by atoms with E-state index in [9.17, 15) is 9.59 Å². The summed E-state index contributed by atoms with van der Waals surface area (Å²) >= 11 is 1.55. The van der Waals surface area contributed by atoms with Gasteiger partial charge < -0.3 is 10.1 Å². The van der Waals surface area contributed by atoms with E-state index >= 15 is 0 Å². The summed E-state index contributed by atoms with van der Waals surface area (Å²) in [4.78, 5) is 31.3. The molecular formula is C19H23N3O3S. The number of amides is 3. The Bertz CT molecular complexity index is 838. The van der Waals surface area contributed by atoms with E-state index in [1.165, 1.54) is 4.90 Å². The Hall–Kier alpha value is -2.41. The van der Waals surface area contributed by atoms with Crippen molar-refractivity contribution < 1.29 is 14.3 Å². The van der Waals surface area contributed by atoms with Crippen LogP contribution in [0.25, 0.3) is 0 Å². The van der Waals surface area contributed by atoms with Gasteiger partial charge in [-0.25, -0.2) is 9.78 Å². The van der Waals surface area contributed by atoms with Gasteiger partial charge in [0.15, 0.2) is 0 Å². The van der Waals surface area contributed by atoms with E-state index in [1.54, 1.807) is 49.6 Å². The molecule has 2 aromatic rings. The number of benzene rings is 1. The van der Waals surface area contributed by atoms with Crippen molar-refractivity contribution in [1.82, 2.24) is 15.2 Å². The van der Waals surface area contributed by atoms with Crippen LogP contribution in [-0.4, -0.2) is 28.9 Å². The summed E-state index contributed by atoms with van der Waals surface area (Å²) in [5.41, 5.74) is 0.291. The molecule has 6 nitrogen and oxygen atoms in total. The Morgan fingerprint density at radius 2 is 1.88 bits per heavy atom. The summed E-state index contributed by atoms with van der Waals surface area (Å²) in [7, 11) is 1.58. The molecule has 0 radical (unpaired) electrons. The minimum atomic E-state index is -1.09. The third kappa shape index (κ3) is 3.19. The van der Waals surface area contributed by atoms with Gasteiger partial charge in [-0.15, -0.1) is 11.3 Å². The van der Waals surface area contributed by atoms with E-state index in [1.807, 2.05) is 5.38 Å². The maximum Gasteiger partial charge on any atom is 0.325 e. The molecule has 1 fully saturated rings. The minimum absolute atomic E-state index is 0.0577. The Kier molecular flexibility index (Phi) is 4.52. The Labute approximate surface area is 157 Å². The fourth-order valence-electron chi connectivity index (χ4n) is 2.85. The number of rotatable bonds is 4. The van der Waals surface area contributed by atoms with Gasteiger partial charge in [-0.3, -0.25) is 9.69 Å². The minimum Gasteiger partial charge on any atom is -0.497 e. The quantitative estimate of drug-likeness (QED) is 0.834. The van der Waals surface area contributed by atoms with Gasteiger partial charge in [0.25, 0.3) is 5.91 Å². The van der Waals surface area contributed by atoms with Crippen molar-refractivity contribution in [2.75, 3.05) is 7.11 Å². The summed E-state index contributed by atoms with van der Waals surface area (Å²) in [6, 6.07) is 6.73. The van der Waals surface area contributed by atoms with Crippen LogP contribution in [0.15, 0.2) is 29.6 Å². The Balaban J connectivity index is 1.83. The molecule has 26 heavy (non-hydrogen) atoms. The zero-order valence-electron chi connectivity index (χ0n) is 15.6. The molecule has 1 aromatic carbocycles. The zero-order valence-corrected chi connectivity index (χ0v) is 16.4. The number of hydrogen-bond acceptors (Lipinski definition) is 5. The van der Waals surface area contributed by atoms with Gasteiger partial charge in [-0.1, -0.05) is 32.9 Å². The monoisotopic (exact) mass is 373 g/mol. The van der Waals surface area contributed by atoms with Crippen LogP contribution in [0.5, 0.6) is 5.75 Å². The molecule has 2 heterocycles. The number of nitrogens with zero attached hydrogens (tertiary/aromatic N) is 2. The molecule has 138 valence electrons. The maximum absolute atomic E-state index is 13.0. The average molecular weight is 373 g/mol. The number of methoxy groups -OCH3 is 1. The third-order valence-corrected chi connectivity index (χ3v) is 5.77. The Morgan fingerprint density at radius 3 is 2.42 bits per heavy atom. The lowest BCUT2D eigenvalue weighted by molar-refractivity contribution is -0.131. The van der Waals surface area contributed by atoms with E-state index in [0.717, 1.165) is 10.7 Å². The lowest BCUT2D eigenvalue weighted by Crippen LogP contribution is -2.40. The number of carbonyl (C=O) groups excluding carboxylic acids is 2. The highest BCUT2D eigenvalue weighted by atomic mass is 32.1. The van der Waals surface area contributed by atoms with Crippen LogP contribution in [0, 0.1) is 0 Å². The van der Waals surface area contributed by atoms with Crippen molar-refractivity contribution in [3.8, 4) is 5.75 Å². The molecule has 1 aliphatic heterocycles. The SMILES string of the molecule is COc1ccc(C2(C)NC(=O)N(Cc3csc(C(C)(C)C)n3)C2=O)cc1. The molecule has 3 rings (SSSR count). The molecule has 1 aromatic heterocycles. The number of thiazole rings is 1. The average Bonchev–Trinajstić information content (AvgIpc) is 3.15. The molecule has 1 atom stereocenters. The standard InChI is InChI=1S/C19H23N3O3S/c1-18(2,3)15-20-13(11-26-15)10-22-16(23)19(4,21-17(22)24)12-6-8-14(25-5)9-7-12/h6-9,11H,10H2,1-5H3,(H,21,24). The molecule has 0 bridgehead atoms. The van der Waals surface area contributed by atoms with Crippen LogP contribution in [0.4, 0.5) is 4.79 Å². The molecule has 0 saturated carbocycles. The first-order valence-electron chi connectivity index (χ1n) is 8.38. The fraction of sp³-hybridized carbons (Fsp3) is 0.421. The summed E-state index contributed by atoms with van der Waals surface area (Å²) in [6.07, 6.45) is 0. The number of ether oxygens (including phenoxy) is 1. The van der Waals surface area contributed by atoms with Crippen molar-refractivity contribution in [2.24, 2.45) is 0 Å². The van der Waals surface area contributed by atoms with E-state index in [2.05, 4.69) is 31.1 Å². The van der Waals surface area contributed by atoms with Crippen molar-refractivity contribution in [1.29, 1.82) is 0 Å². The largest absolute Gasteiger partial charge is 0.497 e. The first-order valence-corrected chi connectivity index (χ1v) is 9.26. The van der Waals surface area contributed by atoms with Crippen LogP contribution < -0.4 is 10.1 Å². The summed E-state index contributed by atoms with van der Waals surface area (Å²) in [5, 5.41) is 5.70. The molecule has 3 amide bonds. The highest BCUT2D eigenvalue weighted by molar-refractivity contribution is 7.09. The van der Waals surface area contributed by atoms with Gasteiger partial charge in [0.05, 0.1) is 24.4 Å². The zero-order chi connectivity index (χ0) is 19.1. The van der Waals surface area contributed by atoms with Gasteiger partial charge in [0.1, 0.15) is 11.3 Å². The van der Waals surface area contributed by atoms with Crippen molar-refractivity contribution in [3.05, 3.63) is 45.9 Å². The van der Waals surface area contributed by atoms with Crippen LogP contribution in [0.1, 0.15) is 44.0 Å². The van der Waals surface area contributed by atoms with E-state index in [-0.39, 0.29) is 17.9 Å². The van der Waals surface area contributed by atoms with Crippen LogP contribution in [-0.2, 0) is 22.3 Å². The smallest absolute Gasteiger partial charge is 0.325 e. The van der Waals surface area contributed by atoms with E-state index in [0.29, 0.717) is 11.3 Å². The fourth-order valence-corrected chi connectivity index (χ4v) is 3.75. The number of aromatic nitrogens is 1. The summed E-state index contributed by atoms with van der Waals surface area (Å²) in [5.74, 6) is 0.418. The molecule has 1 aliphatic rings. The molecule has 7 heteroatoms. The highest BCUT2D eigenvalue weighted by Gasteiger charge is 2.49. The number of imide groups is 1. The molecule has 0 aliphatic carbocycles. The lowest BCUT2D eigenvalue weighted by Gasteiger charge is -2.22. The molecule has 1 unspecified atom stereocenters. The topological polar surface area (TPSA) is 71.5 Å². The van der Waals surface area contributed by atoms with Crippen molar-refractivity contribution in [3.63, 3.8) is 0 Å². The number of urea groups is 1. The highest BCUT2D eigenvalue weighted by Crippen LogP contribution is 2.32. The molecule has 0 spiro atoms. The first-order chi connectivity index (χ1) is 12.1. The van der Waals surface area contributed by atoms with Crippen LogP contribution in [0.2, 0.25) is 0 Å². The van der Waals surface area contributed by atoms with E-state index < -0.39 is 11.6 Å². The summed E-state index contributed by atoms with van der Waals surface area (Å²) in [6.45, 7) is 8.15. The molecule has 1 N–H and O–H groups in total. The Morgan fingerprint density at radius 1 is 1.23 bits per heavy atom. The van der Waals surface area contributed by atoms with Crippen LogP contribution >= 0.6 is 11.3 Å². The van der Waals surface area contributed by atoms with Gasteiger partial charge in [-0.2, -0.15) is 0 Å². The predicted molar refractivity (Wildman–Crippen MR) is 100 cm³/mol. The van der Waals surface area contributed by atoms with Crippen LogP contribution in [0.3, 0.4) is 0 Å². The van der Waals surface area contributed by atoms with Crippen molar-refractivity contribution >= 4 is 23.3 Å². The second kappa shape index (κ2) is 6.39. The second-order valence-electron chi connectivity index (χ2n) is 7.57. The molecular weight excluding hydrogens is 350 g/mol. The summed E-state index contributed by atoms with van der Waals surface area (Å²) < 4.78 is 5.15.